The summed E-state index contributed by atoms with van der Waals surface area (Å²) in [5.74, 6) is 1.69. The van der Waals surface area contributed by atoms with E-state index in [2.05, 4.69) is 22.3 Å². The van der Waals surface area contributed by atoms with Crippen LogP contribution in [-0.2, 0) is 4.79 Å². The fraction of sp³-hybridized carbons (Fsp3) is 0.450. The first kappa shape index (κ1) is 17.5. The molecule has 1 aromatic heterocycles. The molecule has 0 spiro atoms. The first-order valence-corrected chi connectivity index (χ1v) is 8.97. The second-order valence-corrected chi connectivity index (χ2v) is 6.44. The Kier molecular flexibility index (Phi) is 5.76. The highest BCUT2D eigenvalue weighted by Gasteiger charge is 2.28. The van der Waals surface area contributed by atoms with Crippen molar-refractivity contribution < 1.29 is 13.9 Å². The molecule has 0 radical (unpaired) electrons. The molecular weight excluding hydrogens is 316 g/mol. The minimum atomic E-state index is -0.117. The molecule has 2 atom stereocenters. The van der Waals surface area contributed by atoms with E-state index in [4.69, 9.17) is 9.15 Å². The topological polar surface area (TPSA) is 54.7 Å². The van der Waals surface area contributed by atoms with Gasteiger partial charge in [-0.3, -0.25) is 9.69 Å². The van der Waals surface area contributed by atoms with Gasteiger partial charge in [0, 0.05) is 6.04 Å². The average Bonchev–Trinajstić information content (AvgIpc) is 3.27. The number of nitrogens with one attached hydrogen (secondary N) is 1. The normalized spacial score (nSPS) is 18.9. The van der Waals surface area contributed by atoms with Crippen molar-refractivity contribution in [1.82, 2.24) is 10.2 Å². The molecule has 2 heterocycles. The van der Waals surface area contributed by atoms with Crippen LogP contribution in [-0.4, -0.2) is 30.5 Å². The molecule has 1 saturated heterocycles. The average molecular weight is 342 g/mol. The van der Waals surface area contributed by atoms with Crippen molar-refractivity contribution in [1.29, 1.82) is 0 Å². The minimum Gasteiger partial charge on any atom is -0.494 e. The summed E-state index contributed by atoms with van der Waals surface area (Å²) in [6.07, 6.45) is 3.81. The summed E-state index contributed by atoms with van der Waals surface area (Å²) in [6, 6.07) is 12.1. The van der Waals surface area contributed by atoms with Crippen molar-refractivity contribution >= 4 is 5.91 Å². The number of furan rings is 1. The van der Waals surface area contributed by atoms with Gasteiger partial charge in [0.2, 0.25) is 5.91 Å². The highest BCUT2D eigenvalue weighted by Crippen LogP contribution is 2.32. The van der Waals surface area contributed by atoms with E-state index in [0.717, 1.165) is 30.9 Å². The van der Waals surface area contributed by atoms with E-state index >= 15 is 0 Å². The molecule has 2 unspecified atom stereocenters. The molecule has 134 valence electrons. The lowest BCUT2D eigenvalue weighted by Gasteiger charge is -2.25. The van der Waals surface area contributed by atoms with E-state index in [1.807, 2.05) is 38.1 Å². The predicted octanol–water partition coefficient (Wildman–Crippen LogP) is 3.69. The largest absolute Gasteiger partial charge is 0.494 e. The first-order valence-electron chi connectivity index (χ1n) is 8.97. The van der Waals surface area contributed by atoms with Crippen LogP contribution in [0.2, 0.25) is 0 Å². The van der Waals surface area contributed by atoms with Gasteiger partial charge in [0.25, 0.3) is 0 Å². The van der Waals surface area contributed by atoms with E-state index in [0.29, 0.717) is 19.2 Å². The molecule has 1 fully saturated rings. The van der Waals surface area contributed by atoms with Crippen LogP contribution in [0.5, 0.6) is 5.75 Å². The van der Waals surface area contributed by atoms with Crippen molar-refractivity contribution in [3.05, 3.63) is 54.0 Å². The zero-order valence-corrected chi connectivity index (χ0v) is 14.9. The van der Waals surface area contributed by atoms with Crippen LogP contribution in [0.25, 0.3) is 0 Å². The van der Waals surface area contributed by atoms with Gasteiger partial charge in [0.15, 0.2) is 0 Å². The lowest BCUT2D eigenvalue weighted by Crippen LogP contribution is -2.38. The zero-order valence-electron chi connectivity index (χ0n) is 14.9. The Morgan fingerprint density at radius 2 is 2.16 bits per heavy atom. The molecule has 1 N–H and O–H groups in total. The summed E-state index contributed by atoms with van der Waals surface area (Å²) in [5.41, 5.74) is 1.24. The summed E-state index contributed by atoms with van der Waals surface area (Å²) >= 11 is 0. The maximum atomic E-state index is 12.4. The maximum absolute atomic E-state index is 12.4. The zero-order chi connectivity index (χ0) is 17.6. The van der Waals surface area contributed by atoms with Gasteiger partial charge >= 0.3 is 0 Å². The van der Waals surface area contributed by atoms with Gasteiger partial charge in [0.05, 0.1) is 25.5 Å². The van der Waals surface area contributed by atoms with E-state index in [-0.39, 0.29) is 11.9 Å². The van der Waals surface area contributed by atoms with E-state index in [9.17, 15) is 4.79 Å². The van der Waals surface area contributed by atoms with Crippen LogP contribution in [0.3, 0.4) is 0 Å². The van der Waals surface area contributed by atoms with Crippen LogP contribution in [0, 0.1) is 0 Å². The van der Waals surface area contributed by atoms with Crippen LogP contribution < -0.4 is 10.1 Å². The number of amides is 1. The monoisotopic (exact) mass is 342 g/mol. The Morgan fingerprint density at radius 3 is 2.84 bits per heavy atom. The van der Waals surface area contributed by atoms with Crippen molar-refractivity contribution in [3.63, 3.8) is 0 Å². The Balaban J connectivity index is 1.58. The minimum absolute atomic E-state index is 0.0294. The highest BCUT2D eigenvalue weighted by molar-refractivity contribution is 5.78. The Hall–Kier alpha value is -2.27. The van der Waals surface area contributed by atoms with Gasteiger partial charge in [-0.05, 0) is 63.1 Å². The number of likely N-dealkylation sites (tertiary alicyclic amines) is 1. The molecule has 5 nitrogen and oxygen atoms in total. The molecule has 1 aromatic carbocycles. The van der Waals surface area contributed by atoms with Crippen molar-refractivity contribution in [3.8, 4) is 5.75 Å². The van der Waals surface area contributed by atoms with E-state index < -0.39 is 0 Å². The third-order valence-electron chi connectivity index (χ3n) is 4.63. The molecule has 0 saturated carbocycles. The Bertz CT molecular complexity index is 667. The maximum Gasteiger partial charge on any atom is 0.234 e. The summed E-state index contributed by atoms with van der Waals surface area (Å²) in [5, 5.41) is 3.01. The molecule has 0 bridgehead atoms. The van der Waals surface area contributed by atoms with Crippen molar-refractivity contribution in [2.24, 2.45) is 0 Å². The molecule has 5 heteroatoms. The number of hydrogen-bond acceptors (Lipinski definition) is 4. The number of benzene rings is 1. The molecule has 1 aliphatic heterocycles. The molecular formula is C20H26N2O3. The van der Waals surface area contributed by atoms with Gasteiger partial charge in [-0.25, -0.2) is 0 Å². The van der Waals surface area contributed by atoms with Gasteiger partial charge in [-0.1, -0.05) is 12.1 Å². The Morgan fingerprint density at radius 1 is 1.36 bits per heavy atom. The van der Waals surface area contributed by atoms with Crippen LogP contribution in [0.4, 0.5) is 0 Å². The van der Waals surface area contributed by atoms with Crippen molar-refractivity contribution in [2.75, 3.05) is 19.7 Å². The van der Waals surface area contributed by atoms with Gasteiger partial charge < -0.3 is 14.5 Å². The Labute approximate surface area is 149 Å². The number of ether oxygens (including phenoxy) is 1. The number of carbonyl (C=O) groups excluding carboxylic acids is 1. The van der Waals surface area contributed by atoms with Crippen molar-refractivity contribution in [2.45, 2.75) is 38.8 Å². The lowest BCUT2D eigenvalue weighted by molar-refractivity contribution is -0.123. The number of rotatable bonds is 7. The first-order chi connectivity index (χ1) is 12.2. The summed E-state index contributed by atoms with van der Waals surface area (Å²) in [7, 11) is 0. The quantitative estimate of drug-likeness (QED) is 0.834. The molecule has 1 amide bonds. The molecule has 25 heavy (non-hydrogen) atoms. The molecule has 3 rings (SSSR count). The number of carbonyl (C=O) groups is 1. The number of nitrogens with zero attached hydrogens (tertiary/aromatic N) is 1. The fourth-order valence-electron chi connectivity index (χ4n) is 3.43. The molecule has 0 aliphatic carbocycles. The van der Waals surface area contributed by atoms with Gasteiger partial charge in [-0.15, -0.1) is 0 Å². The standard InChI is InChI=1S/C20H26N2O3/c1-3-24-17-10-8-16(9-11-17)18-6-4-12-22(18)14-20(23)21-15(2)19-7-5-13-25-19/h5,7-11,13,15,18H,3-4,6,12,14H2,1-2H3,(H,21,23). The fourth-order valence-corrected chi connectivity index (χ4v) is 3.43. The smallest absolute Gasteiger partial charge is 0.234 e. The molecule has 2 aromatic rings. The molecule has 1 aliphatic rings. The van der Waals surface area contributed by atoms with Gasteiger partial charge in [-0.2, -0.15) is 0 Å². The van der Waals surface area contributed by atoms with E-state index in [1.165, 1.54) is 5.56 Å². The predicted molar refractivity (Wildman–Crippen MR) is 96.4 cm³/mol. The lowest BCUT2D eigenvalue weighted by atomic mass is 10.0. The third-order valence-corrected chi connectivity index (χ3v) is 4.63. The number of hydrogen-bond donors (Lipinski definition) is 1. The van der Waals surface area contributed by atoms with Gasteiger partial charge in [0.1, 0.15) is 11.5 Å². The van der Waals surface area contributed by atoms with Crippen LogP contribution in [0.15, 0.2) is 47.1 Å². The summed E-state index contributed by atoms with van der Waals surface area (Å²) in [4.78, 5) is 14.7. The SMILES string of the molecule is CCOc1ccc(C2CCCN2CC(=O)NC(C)c2ccco2)cc1. The second kappa shape index (κ2) is 8.21. The van der Waals surface area contributed by atoms with Crippen LogP contribution >= 0.6 is 0 Å². The highest BCUT2D eigenvalue weighted by atomic mass is 16.5. The third kappa shape index (κ3) is 4.42. The second-order valence-electron chi connectivity index (χ2n) is 6.44. The summed E-state index contributed by atoms with van der Waals surface area (Å²) < 4.78 is 10.9. The van der Waals surface area contributed by atoms with E-state index in [1.54, 1.807) is 6.26 Å². The van der Waals surface area contributed by atoms with Crippen LogP contribution in [0.1, 0.15) is 50.1 Å². The summed E-state index contributed by atoms with van der Waals surface area (Å²) in [6.45, 7) is 5.94.